The van der Waals surface area contributed by atoms with Crippen LogP contribution in [0.15, 0.2) is 24.0 Å². The van der Waals surface area contributed by atoms with Crippen LogP contribution in [0.2, 0.25) is 0 Å². The third-order valence-electron chi connectivity index (χ3n) is 3.46. The molecule has 1 aliphatic rings. The molecule has 0 aliphatic heterocycles. The molecule has 0 saturated heterocycles. The van der Waals surface area contributed by atoms with Gasteiger partial charge in [-0.2, -0.15) is 0 Å². The van der Waals surface area contributed by atoms with Gasteiger partial charge in [-0.25, -0.2) is 18.4 Å². The predicted molar refractivity (Wildman–Crippen MR) is 97.4 cm³/mol. The summed E-state index contributed by atoms with van der Waals surface area (Å²) in [6.07, 6.45) is 8.70. The van der Waals surface area contributed by atoms with Crippen molar-refractivity contribution in [2.75, 3.05) is 13.2 Å². The second kappa shape index (κ2) is 9.82. The van der Waals surface area contributed by atoms with Crippen molar-refractivity contribution in [3.63, 3.8) is 0 Å². The standard InChI is InChI=1S/C17H30N2O5S/c1-17(2,3)24-16(20)19-12-6-4-5-7-13-23-14-8-10-15(11-9-14)25(18,21)22/h8-10,15H,4-7,11-13H2,1-3H3,(H,19,20)(H2,18,21,22). The second-order valence-electron chi connectivity index (χ2n) is 7.02. The molecule has 7 nitrogen and oxygen atoms in total. The molecule has 1 amide bonds. The Bertz CT molecular complexity index is 591. The number of sulfonamides is 1. The number of hydrogen-bond donors (Lipinski definition) is 2. The number of hydrogen-bond acceptors (Lipinski definition) is 5. The van der Waals surface area contributed by atoms with Crippen LogP contribution in [0, 0.1) is 0 Å². The summed E-state index contributed by atoms with van der Waals surface area (Å²) in [6.45, 7) is 6.67. The van der Waals surface area contributed by atoms with Crippen molar-refractivity contribution in [1.82, 2.24) is 5.32 Å². The van der Waals surface area contributed by atoms with Gasteiger partial charge in [-0.1, -0.05) is 18.9 Å². The van der Waals surface area contributed by atoms with Crippen molar-refractivity contribution in [2.24, 2.45) is 5.14 Å². The Morgan fingerprint density at radius 1 is 1.28 bits per heavy atom. The number of carbonyl (C=O) groups excluding carboxylic acids is 1. The van der Waals surface area contributed by atoms with Gasteiger partial charge >= 0.3 is 6.09 Å². The lowest BCUT2D eigenvalue weighted by atomic mass is 10.1. The van der Waals surface area contributed by atoms with Gasteiger partial charge in [-0.15, -0.1) is 0 Å². The van der Waals surface area contributed by atoms with Crippen LogP contribution in [0.4, 0.5) is 4.79 Å². The molecular formula is C17H30N2O5S. The first kappa shape index (κ1) is 21.5. The van der Waals surface area contributed by atoms with Crippen LogP contribution in [-0.2, 0) is 19.5 Å². The van der Waals surface area contributed by atoms with Gasteiger partial charge < -0.3 is 14.8 Å². The number of ether oxygens (including phenoxy) is 2. The molecule has 0 fully saturated rings. The molecule has 0 aromatic rings. The number of allylic oxidation sites excluding steroid dienone is 2. The van der Waals surface area contributed by atoms with E-state index in [1.165, 1.54) is 0 Å². The second-order valence-corrected chi connectivity index (χ2v) is 8.80. The molecule has 1 aliphatic carbocycles. The Labute approximate surface area is 150 Å². The SMILES string of the molecule is CC(C)(C)OC(=O)NCCCCCCOC1=CCC(S(N)(=O)=O)C=C1. The van der Waals surface area contributed by atoms with Crippen LogP contribution in [-0.4, -0.2) is 38.5 Å². The van der Waals surface area contributed by atoms with Crippen molar-refractivity contribution in [1.29, 1.82) is 0 Å². The van der Waals surface area contributed by atoms with Gasteiger partial charge in [0.1, 0.15) is 11.4 Å². The van der Waals surface area contributed by atoms with E-state index in [0.717, 1.165) is 25.7 Å². The van der Waals surface area contributed by atoms with E-state index in [0.29, 0.717) is 25.3 Å². The fraction of sp³-hybridized carbons (Fsp3) is 0.706. The normalized spacial score (nSPS) is 17.8. The summed E-state index contributed by atoms with van der Waals surface area (Å²) < 4.78 is 33.2. The average molecular weight is 375 g/mol. The van der Waals surface area contributed by atoms with Gasteiger partial charge in [-0.3, -0.25) is 0 Å². The molecule has 0 aromatic carbocycles. The smallest absolute Gasteiger partial charge is 0.407 e. The molecule has 25 heavy (non-hydrogen) atoms. The quantitative estimate of drug-likeness (QED) is 0.603. The Balaban J connectivity index is 2.02. The number of nitrogens with two attached hydrogens (primary N) is 1. The van der Waals surface area contributed by atoms with Crippen molar-refractivity contribution in [3.8, 4) is 0 Å². The van der Waals surface area contributed by atoms with Gasteiger partial charge in [0.15, 0.2) is 0 Å². The predicted octanol–water partition coefficient (Wildman–Crippen LogP) is 2.59. The molecular weight excluding hydrogens is 344 g/mol. The summed E-state index contributed by atoms with van der Waals surface area (Å²) in [5.74, 6) is 0.687. The summed E-state index contributed by atoms with van der Waals surface area (Å²) in [4.78, 5) is 11.4. The van der Waals surface area contributed by atoms with Gasteiger partial charge in [0.2, 0.25) is 10.0 Å². The average Bonchev–Trinajstić information content (AvgIpc) is 2.47. The van der Waals surface area contributed by atoms with Gasteiger partial charge in [0, 0.05) is 6.54 Å². The number of unbranched alkanes of at least 4 members (excludes halogenated alkanes) is 3. The summed E-state index contributed by atoms with van der Waals surface area (Å²) >= 11 is 0. The molecule has 0 saturated carbocycles. The molecule has 0 aromatic heterocycles. The number of carbonyl (C=O) groups is 1. The summed E-state index contributed by atoms with van der Waals surface area (Å²) in [6, 6.07) is 0. The minimum atomic E-state index is -3.53. The Morgan fingerprint density at radius 2 is 1.96 bits per heavy atom. The third kappa shape index (κ3) is 10.1. The van der Waals surface area contributed by atoms with Gasteiger partial charge in [-0.05, 0) is 52.2 Å². The lowest BCUT2D eigenvalue weighted by molar-refractivity contribution is 0.0527. The minimum Gasteiger partial charge on any atom is -0.494 e. The van der Waals surface area contributed by atoms with Crippen molar-refractivity contribution in [3.05, 3.63) is 24.0 Å². The minimum absolute atomic E-state index is 0.348. The fourth-order valence-electron chi connectivity index (χ4n) is 2.21. The number of alkyl carbamates (subject to hydrolysis) is 1. The maximum absolute atomic E-state index is 11.4. The zero-order valence-electron chi connectivity index (χ0n) is 15.3. The molecule has 144 valence electrons. The molecule has 1 rings (SSSR count). The van der Waals surface area contributed by atoms with Crippen LogP contribution in [0.1, 0.15) is 52.9 Å². The molecule has 8 heteroatoms. The first-order chi connectivity index (χ1) is 11.6. The molecule has 0 heterocycles. The van der Waals surface area contributed by atoms with Crippen LogP contribution in [0.3, 0.4) is 0 Å². The van der Waals surface area contributed by atoms with E-state index >= 15 is 0 Å². The number of amides is 1. The van der Waals surface area contributed by atoms with Crippen LogP contribution in [0.5, 0.6) is 0 Å². The van der Waals surface area contributed by atoms with E-state index in [4.69, 9.17) is 14.6 Å². The van der Waals surface area contributed by atoms with E-state index in [1.54, 1.807) is 18.2 Å². The summed E-state index contributed by atoms with van der Waals surface area (Å²) in [5.41, 5.74) is -0.474. The van der Waals surface area contributed by atoms with Crippen LogP contribution >= 0.6 is 0 Å². The maximum atomic E-state index is 11.4. The molecule has 0 radical (unpaired) electrons. The van der Waals surface area contributed by atoms with E-state index < -0.39 is 20.9 Å². The molecule has 0 bridgehead atoms. The van der Waals surface area contributed by atoms with E-state index in [1.807, 2.05) is 20.8 Å². The van der Waals surface area contributed by atoms with Gasteiger partial charge in [0.25, 0.3) is 0 Å². The largest absolute Gasteiger partial charge is 0.494 e. The topological polar surface area (TPSA) is 108 Å². The highest BCUT2D eigenvalue weighted by atomic mass is 32.2. The molecule has 3 N–H and O–H groups in total. The monoisotopic (exact) mass is 374 g/mol. The van der Waals surface area contributed by atoms with Crippen LogP contribution in [0.25, 0.3) is 0 Å². The number of rotatable bonds is 9. The van der Waals surface area contributed by atoms with Crippen LogP contribution < -0.4 is 10.5 Å². The van der Waals surface area contributed by atoms with E-state index in [2.05, 4.69) is 5.32 Å². The summed E-state index contributed by atoms with van der Waals surface area (Å²) in [7, 11) is -3.53. The fourth-order valence-corrected chi connectivity index (χ4v) is 2.87. The Morgan fingerprint density at radius 3 is 2.52 bits per heavy atom. The number of primary sulfonamides is 1. The van der Waals surface area contributed by atoms with Crippen molar-refractivity contribution >= 4 is 16.1 Å². The zero-order valence-corrected chi connectivity index (χ0v) is 16.1. The van der Waals surface area contributed by atoms with Gasteiger partial charge in [0.05, 0.1) is 11.9 Å². The maximum Gasteiger partial charge on any atom is 0.407 e. The lowest BCUT2D eigenvalue weighted by Crippen LogP contribution is -2.32. The number of nitrogens with one attached hydrogen (secondary N) is 1. The Hall–Kier alpha value is -1.54. The summed E-state index contributed by atoms with van der Waals surface area (Å²) in [5, 5.41) is 7.17. The molecule has 0 spiro atoms. The molecule has 1 unspecified atom stereocenters. The first-order valence-corrected chi connectivity index (χ1v) is 10.2. The first-order valence-electron chi connectivity index (χ1n) is 8.57. The van der Waals surface area contributed by atoms with E-state index in [-0.39, 0.29) is 6.09 Å². The van der Waals surface area contributed by atoms with Crippen molar-refractivity contribution < 1.29 is 22.7 Å². The zero-order chi connectivity index (χ0) is 18.9. The van der Waals surface area contributed by atoms with E-state index in [9.17, 15) is 13.2 Å². The van der Waals surface area contributed by atoms with Crippen molar-refractivity contribution in [2.45, 2.75) is 63.7 Å². The highest BCUT2D eigenvalue weighted by molar-refractivity contribution is 7.89. The highest BCUT2D eigenvalue weighted by Crippen LogP contribution is 2.16. The lowest BCUT2D eigenvalue weighted by Gasteiger charge is -2.19. The Kier molecular flexibility index (Phi) is 8.44. The highest BCUT2D eigenvalue weighted by Gasteiger charge is 2.20. The molecule has 1 atom stereocenters. The third-order valence-corrected chi connectivity index (χ3v) is 4.65.